The van der Waals surface area contributed by atoms with Crippen LogP contribution in [0.25, 0.3) is 10.9 Å². The first-order valence-electron chi connectivity index (χ1n) is 6.31. The van der Waals surface area contributed by atoms with Crippen molar-refractivity contribution in [2.75, 3.05) is 13.6 Å². The zero-order valence-electron chi connectivity index (χ0n) is 10.5. The van der Waals surface area contributed by atoms with Crippen LogP contribution >= 0.6 is 0 Å². The van der Waals surface area contributed by atoms with Gasteiger partial charge >= 0.3 is 0 Å². The van der Waals surface area contributed by atoms with Gasteiger partial charge in [0.05, 0.1) is 0 Å². The maximum absolute atomic E-state index is 11.7. The molecule has 0 unspecified atom stereocenters. The summed E-state index contributed by atoms with van der Waals surface area (Å²) in [6.45, 7) is 2.29. The molecule has 0 spiro atoms. The second kappa shape index (κ2) is 4.46. The van der Waals surface area contributed by atoms with Gasteiger partial charge in [-0.2, -0.15) is 0 Å². The van der Waals surface area contributed by atoms with Crippen molar-refractivity contribution in [1.82, 2.24) is 15.2 Å². The number of nitrogens with one attached hydrogen (secondary N) is 2. The minimum absolute atomic E-state index is 0.0529. The largest absolute Gasteiger partial charge is 0.358 e. The average Bonchev–Trinajstić information content (AvgIpc) is 2.74. The highest BCUT2D eigenvalue weighted by molar-refractivity contribution is 5.87. The molecule has 0 radical (unpaired) electrons. The van der Waals surface area contributed by atoms with E-state index in [4.69, 9.17) is 0 Å². The number of rotatable bonds is 2. The Bertz CT molecular complexity index is 600. The van der Waals surface area contributed by atoms with E-state index in [9.17, 15) is 4.79 Å². The number of hydrogen-bond acceptors (Lipinski definition) is 2. The quantitative estimate of drug-likeness (QED) is 0.827. The molecule has 2 heterocycles. The Morgan fingerprint density at radius 2 is 2.28 bits per heavy atom. The average molecular weight is 243 g/mol. The summed E-state index contributed by atoms with van der Waals surface area (Å²) < 4.78 is 2.16. The van der Waals surface area contributed by atoms with Crippen molar-refractivity contribution in [3.63, 3.8) is 0 Å². The molecule has 0 bridgehead atoms. The third-order valence-corrected chi connectivity index (χ3v) is 3.62. The van der Waals surface area contributed by atoms with Gasteiger partial charge in [0.15, 0.2) is 0 Å². The van der Waals surface area contributed by atoms with E-state index in [1.54, 1.807) is 7.05 Å². The van der Waals surface area contributed by atoms with Gasteiger partial charge in [0.2, 0.25) is 5.91 Å². The molecular formula is C14H17N3O. The van der Waals surface area contributed by atoms with Crippen LogP contribution in [-0.2, 0) is 24.3 Å². The summed E-state index contributed by atoms with van der Waals surface area (Å²) in [5.41, 5.74) is 3.81. The molecular weight excluding hydrogens is 226 g/mol. The van der Waals surface area contributed by atoms with E-state index in [0.29, 0.717) is 6.54 Å². The number of carbonyl (C=O) groups is 1. The van der Waals surface area contributed by atoms with Gasteiger partial charge in [0.1, 0.15) is 6.54 Å². The Kier molecular flexibility index (Phi) is 2.80. The van der Waals surface area contributed by atoms with E-state index in [-0.39, 0.29) is 5.91 Å². The standard InChI is InChI=1S/C14H17N3O/c1-15-14(18)9-17-12-5-3-2-4-10(12)11-8-16-7-6-13(11)17/h2-5,16H,6-9H2,1H3,(H,15,18). The van der Waals surface area contributed by atoms with Crippen molar-refractivity contribution in [2.24, 2.45) is 0 Å². The van der Waals surface area contributed by atoms with Crippen LogP contribution in [0.5, 0.6) is 0 Å². The van der Waals surface area contributed by atoms with Gasteiger partial charge in [-0.3, -0.25) is 4.79 Å². The van der Waals surface area contributed by atoms with Gasteiger partial charge in [0, 0.05) is 43.2 Å². The lowest BCUT2D eigenvalue weighted by molar-refractivity contribution is -0.121. The summed E-state index contributed by atoms with van der Waals surface area (Å²) in [6.07, 6.45) is 0.987. The molecule has 4 heteroatoms. The van der Waals surface area contributed by atoms with Gasteiger partial charge in [-0.05, 0) is 11.6 Å². The second-order valence-electron chi connectivity index (χ2n) is 4.63. The molecule has 0 atom stereocenters. The first-order chi connectivity index (χ1) is 8.81. The number of fused-ring (bicyclic) bond motifs is 3. The third-order valence-electron chi connectivity index (χ3n) is 3.62. The Morgan fingerprint density at radius 1 is 1.44 bits per heavy atom. The highest BCUT2D eigenvalue weighted by Crippen LogP contribution is 2.28. The van der Waals surface area contributed by atoms with E-state index in [1.807, 2.05) is 6.07 Å². The van der Waals surface area contributed by atoms with Crippen molar-refractivity contribution >= 4 is 16.8 Å². The van der Waals surface area contributed by atoms with Crippen LogP contribution in [0.4, 0.5) is 0 Å². The van der Waals surface area contributed by atoms with Crippen LogP contribution < -0.4 is 10.6 Å². The fraction of sp³-hybridized carbons (Fsp3) is 0.357. The molecule has 0 saturated heterocycles. The summed E-state index contributed by atoms with van der Waals surface area (Å²) in [4.78, 5) is 11.7. The Labute approximate surface area is 106 Å². The molecule has 1 aliphatic heterocycles. The molecule has 1 aliphatic rings. The fourth-order valence-electron chi connectivity index (χ4n) is 2.73. The van der Waals surface area contributed by atoms with Gasteiger partial charge in [0.25, 0.3) is 0 Å². The summed E-state index contributed by atoms with van der Waals surface area (Å²) >= 11 is 0. The van der Waals surface area contributed by atoms with Crippen molar-refractivity contribution in [1.29, 1.82) is 0 Å². The Hall–Kier alpha value is -1.81. The first-order valence-corrected chi connectivity index (χ1v) is 6.31. The zero-order chi connectivity index (χ0) is 12.5. The molecule has 0 fully saturated rings. The maximum atomic E-state index is 11.7. The molecule has 1 aromatic carbocycles. The molecule has 0 saturated carbocycles. The summed E-state index contributed by atoms with van der Waals surface area (Å²) in [5, 5.41) is 7.37. The van der Waals surface area contributed by atoms with Crippen LogP contribution in [0.2, 0.25) is 0 Å². The highest BCUT2D eigenvalue weighted by atomic mass is 16.1. The first kappa shape index (κ1) is 11.3. The number of para-hydroxylation sites is 1. The van der Waals surface area contributed by atoms with E-state index in [2.05, 4.69) is 33.4 Å². The molecule has 1 amide bonds. The number of nitrogens with zero attached hydrogens (tertiary/aromatic N) is 1. The van der Waals surface area contributed by atoms with Crippen molar-refractivity contribution < 1.29 is 4.79 Å². The number of hydrogen-bond donors (Lipinski definition) is 2. The molecule has 4 nitrogen and oxygen atoms in total. The minimum atomic E-state index is 0.0529. The van der Waals surface area contributed by atoms with Crippen LogP contribution in [0.3, 0.4) is 0 Å². The molecule has 1 aromatic heterocycles. The van der Waals surface area contributed by atoms with E-state index < -0.39 is 0 Å². The van der Waals surface area contributed by atoms with Gasteiger partial charge in [-0.1, -0.05) is 18.2 Å². The van der Waals surface area contributed by atoms with Crippen LogP contribution in [0, 0.1) is 0 Å². The maximum Gasteiger partial charge on any atom is 0.239 e. The monoisotopic (exact) mass is 243 g/mol. The molecule has 94 valence electrons. The van der Waals surface area contributed by atoms with E-state index in [1.165, 1.54) is 16.6 Å². The highest BCUT2D eigenvalue weighted by Gasteiger charge is 2.20. The summed E-state index contributed by atoms with van der Waals surface area (Å²) in [5.74, 6) is 0.0529. The van der Waals surface area contributed by atoms with Gasteiger partial charge in [-0.25, -0.2) is 0 Å². The normalized spacial score (nSPS) is 14.5. The summed E-state index contributed by atoms with van der Waals surface area (Å²) in [7, 11) is 1.68. The molecule has 2 N–H and O–H groups in total. The molecule has 2 aromatic rings. The SMILES string of the molecule is CNC(=O)Cn1c2c(c3ccccc31)CNCC2. The Balaban J connectivity index is 2.19. The van der Waals surface area contributed by atoms with E-state index in [0.717, 1.165) is 25.0 Å². The number of amides is 1. The minimum Gasteiger partial charge on any atom is -0.358 e. The Morgan fingerprint density at radius 3 is 3.11 bits per heavy atom. The van der Waals surface area contributed by atoms with Crippen LogP contribution in [-0.4, -0.2) is 24.1 Å². The van der Waals surface area contributed by atoms with Crippen molar-refractivity contribution in [2.45, 2.75) is 19.5 Å². The topological polar surface area (TPSA) is 46.1 Å². The van der Waals surface area contributed by atoms with E-state index >= 15 is 0 Å². The van der Waals surface area contributed by atoms with Gasteiger partial charge in [-0.15, -0.1) is 0 Å². The molecule has 3 rings (SSSR count). The van der Waals surface area contributed by atoms with Crippen molar-refractivity contribution in [3.05, 3.63) is 35.5 Å². The van der Waals surface area contributed by atoms with Gasteiger partial charge < -0.3 is 15.2 Å². The molecule has 0 aliphatic carbocycles. The van der Waals surface area contributed by atoms with Crippen LogP contribution in [0.15, 0.2) is 24.3 Å². The lowest BCUT2D eigenvalue weighted by atomic mass is 10.1. The third kappa shape index (κ3) is 1.69. The zero-order valence-corrected chi connectivity index (χ0v) is 10.5. The fourth-order valence-corrected chi connectivity index (χ4v) is 2.73. The number of benzene rings is 1. The lowest BCUT2D eigenvalue weighted by Crippen LogP contribution is -2.28. The number of carbonyl (C=O) groups excluding carboxylic acids is 1. The molecule has 18 heavy (non-hydrogen) atoms. The lowest BCUT2D eigenvalue weighted by Gasteiger charge is -2.16. The number of likely N-dealkylation sites (N-methyl/N-ethyl adjacent to an activating group) is 1. The van der Waals surface area contributed by atoms with Crippen molar-refractivity contribution in [3.8, 4) is 0 Å². The summed E-state index contributed by atoms with van der Waals surface area (Å²) in [6, 6.07) is 8.32. The predicted molar refractivity (Wildman–Crippen MR) is 71.4 cm³/mol. The predicted octanol–water partition coefficient (Wildman–Crippen LogP) is 1.03. The smallest absolute Gasteiger partial charge is 0.239 e. The second-order valence-corrected chi connectivity index (χ2v) is 4.63. The van der Waals surface area contributed by atoms with Crippen LogP contribution in [0.1, 0.15) is 11.3 Å². The number of aromatic nitrogens is 1.